The van der Waals surface area contributed by atoms with Crippen LogP contribution in [0.15, 0.2) is 22.7 Å². The Balaban J connectivity index is 2.72. The van der Waals surface area contributed by atoms with Crippen molar-refractivity contribution in [2.24, 2.45) is 0 Å². The molecule has 0 bridgehead atoms. The second-order valence-corrected chi connectivity index (χ2v) is 6.64. The van der Waals surface area contributed by atoms with Gasteiger partial charge < -0.3 is 20.1 Å². The summed E-state index contributed by atoms with van der Waals surface area (Å²) >= 11 is 3.64. The Labute approximate surface area is 136 Å². The number of nitrogens with zero attached hydrogens (tertiary/aromatic N) is 1. The van der Waals surface area contributed by atoms with Gasteiger partial charge >= 0.3 is 0 Å². The first-order chi connectivity index (χ1) is 9.87. The maximum absolute atomic E-state index is 10.0. The fourth-order valence-corrected chi connectivity index (χ4v) is 2.84. The Bertz CT molecular complexity index is 433. The highest BCUT2D eigenvalue weighted by Crippen LogP contribution is 2.28. The van der Waals surface area contributed by atoms with E-state index in [-0.39, 0.29) is 0 Å². The van der Waals surface area contributed by atoms with Crippen molar-refractivity contribution >= 4 is 21.6 Å². The standard InChI is InChI=1S/C16H27BrN2O2/c1-5-19(12-16(2,3)20)15-7-6-13(10-14(15)17)11-18-8-9-21-4/h6-7,10,18,20H,5,8-9,11-12H2,1-4H3. The van der Waals surface area contributed by atoms with Crippen LogP contribution in [0, 0.1) is 0 Å². The Morgan fingerprint density at radius 3 is 2.62 bits per heavy atom. The number of rotatable bonds is 9. The van der Waals surface area contributed by atoms with E-state index in [1.165, 1.54) is 5.56 Å². The van der Waals surface area contributed by atoms with Crippen molar-refractivity contribution in [1.29, 1.82) is 0 Å². The van der Waals surface area contributed by atoms with Gasteiger partial charge in [0.05, 0.1) is 17.9 Å². The Morgan fingerprint density at radius 2 is 2.10 bits per heavy atom. The minimum absolute atomic E-state index is 0.605. The van der Waals surface area contributed by atoms with Gasteiger partial charge in [0, 0.05) is 37.8 Å². The van der Waals surface area contributed by atoms with Crippen LogP contribution in [0.4, 0.5) is 5.69 Å². The highest BCUT2D eigenvalue weighted by molar-refractivity contribution is 9.10. The third-order valence-electron chi connectivity index (χ3n) is 3.12. The number of likely N-dealkylation sites (N-methyl/N-ethyl adjacent to an activating group) is 1. The molecule has 0 heterocycles. The zero-order valence-electron chi connectivity index (χ0n) is 13.4. The summed E-state index contributed by atoms with van der Waals surface area (Å²) in [7, 11) is 1.70. The smallest absolute Gasteiger partial charge is 0.0765 e. The van der Waals surface area contributed by atoms with Crippen molar-refractivity contribution < 1.29 is 9.84 Å². The molecule has 1 aromatic carbocycles. The van der Waals surface area contributed by atoms with Crippen LogP contribution in [-0.4, -0.2) is 44.1 Å². The van der Waals surface area contributed by atoms with Crippen molar-refractivity contribution in [3.63, 3.8) is 0 Å². The SMILES string of the molecule is CCN(CC(C)(C)O)c1ccc(CNCCOC)cc1Br. The van der Waals surface area contributed by atoms with Gasteiger partial charge in [0.1, 0.15) is 0 Å². The molecular formula is C16H27BrN2O2. The van der Waals surface area contributed by atoms with Crippen LogP contribution in [0.5, 0.6) is 0 Å². The van der Waals surface area contributed by atoms with Crippen molar-refractivity contribution in [2.45, 2.75) is 32.9 Å². The minimum atomic E-state index is -0.712. The third-order valence-corrected chi connectivity index (χ3v) is 3.76. The van der Waals surface area contributed by atoms with E-state index in [1.807, 2.05) is 13.8 Å². The molecule has 0 fully saturated rings. The molecule has 21 heavy (non-hydrogen) atoms. The average molecular weight is 359 g/mol. The normalized spacial score (nSPS) is 11.7. The molecular weight excluding hydrogens is 332 g/mol. The van der Waals surface area contributed by atoms with Crippen molar-refractivity contribution in [3.8, 4) is 0 Å². The van der Waals surface area contributed by atoms with Gasteiger partial charge in [-0.2, -0.15) is 0 Å². The molecule has 2 N–H and O–H groups in total. The van der Waals surface area contributed by atoms with E-state index in [9.17, 15) is 5.11 Å². The number of anilines is 1. The van der Waals surface area contributed by atoms with E-state index in [1.54, 1.807) is 7.11 Å². The van der Waals surface area contributed by atoms with Gasteiger partial charge in [-0.1, -0.05) is 6.07 Å². The van der Waals surface area contributed by atoms with Gasteiger partial charge in [0.2, 0.25) is 0 Å². The predicted octanol–water partition coefficient (Wildman–Crippen LogP) is 2.78. The fraction of sp³-hybridized carbons (Fsp3) is 0.625. The molecule has 0 aliphatic heterocycles. The quantitative estimate of drug-likeness (QED) is 0.666. The van der Waals surface area contributed by atoms with E-state index in [0.717, 1.165) is 29.8 Å². The molecule has 0 amide bonds. The van der Waals surface area contributed by atoms with E-state index in [4.69, 9.17) is 4.74 Å². The second kappa shape index (κ2) is 8.73. The molecule has 4 nitrogen and oxygen atoms in total. The average Bonchev–Trinajstić information content (AvgIpc) is 2.40. The van der Waals surface area contributed by atoms with Gasteiger partial charge in [-0.15, -0.1) is 0 Å². The van der Waals surface area contributed by atoms with E-state index < -0.39 is 5.60 Å². The highest BCUT2D eigenvalue weighted by atomic mass is 79.9. The first-order valence-electron chi connectivity index (χ1n) is 7.32. The first kappa shape index (κ1) is 18.4. The van der Waals surface area contributed by atoms with Gasteiger partial charge in [-0.05, 0) is 54.4 Å². The van der Waals surface area contributed by atoms with Gasteiger partial charge in [0.25, 0.3) is 0 Å². The van der Waals surface area contributed by atoms with Crippen LogP contribution in [0.2, 0.25) is 0 Å². The molecule has 1 aromatic rings. The molecule has 0 aliphatic rings. The number of aliphatic hydroxyl groups is 1. The number of ether oxygens (including phenoxy) is 1. The van der Waals surface area contributed by atoms with E-state index >= 15 is 0 Å². The minimum Gasteiger partial charge on any atom is -0.389 e. The summed E-state index contributed by atoms with van der Waals surface area (Å²) in [5, 5.41) is 13.3. The molecule has 0 spiro atoms. The lowest BCUT2D eigenvalue weighted by molar-refractivity contribution is 0.0875. The summed E-state index contributed by atoms with van der Waals surface area (Å²) in [6, 6.07) is 6.35. The van der Waals surface area contributed by atoms with Crippen LogP contribution >= 0.6 is 15.9 Å². The number of halogens is 1. The van der Waals surface area contributed by atoms with Gasteiger partial charge in [-0.25, -0.2) is 0 Å². The number of nitrogens with one attached hydrogen (secondary N) is 1. The zero-order valence-corrected chi connectivity index (χ0v) is 15.0. The summed E-state index contributed by atoms with van der Waals surface area (Å²) in [6.07, 6.45) is 0. The number of hydrogen-bond donors (Lipinski definition) is 2. The Kier molecular flexibility index (Phi) is 7.66. The monoisotopic (exact) mass is 358 g/mol. The van der Waals surface area contributed by atoms with Crippen LogP contribution < -0.4 is 10.2 Å². The highest BCUT2D eigenvalue weighted by Gasteiger charge is 2.19. The van der Waals surface area contributed by atoms with E-state index in [0.29, 0.717) is 13.2 Å². The first-order valence-corrected chi connectivity index (χ1v) is 8.12. The predicted molar refractivity (Wildman–Crippen MR) is 91.9 cm³/mol. The zero-order chi connectivity index (χ0) is 15.9. The molecule has 5 heteroatoms. The number of methoxy groups -OCH3 is 1. The molecule has 0 saturated heterocycles. The van der Waals surface area contributed by atoms with Crippen molar-refractivity contribution in [3.05, 3.63) is 28.2 Å². The molecule has 0 radical (unpaired) electrons. The van der Waals surface area contributed by atoms with E-state index in [2.05, 4.69) is 51.3 Å². The van der Waals surface area contributed by atoms with Crippen LogP contribution in [0.25, 0.3) is 0 Å². The third kappa shape index (κ3) is 6.78. The van der Waals surface area contributed by atoms with Gasteiger partial charge in [-0.3, -0.25) is 0 Å². The molecule has 0 aromatic heterocycles. The fourth-order valence-electron chi connectivity index (χ4n) is 2.16. The molecule has 0 aliphatic carbocycles. The lowest BCUT2D eigenvalue weighted by atomic mass is 10.1. The number of hydrogen-bond acceptors (Lipinski definition) is 4. The summed E-state index contributed by atoms with van der Waals surface area (Å²) < 4.78 is 6.07. The second-order valence-electron chi connectivity index (χ2n) is 5.78. The van der Waals surface area contributed by atoms with Crippen LogP contribution in [-0.2, 0) is 11.3 Å². The molecule has 1 rings (SSSR count). The topological polar surface area (TPSA) is 44.7 Å². The van der Waals surface area contributed by atoms with Crippen molar-refractivity contribution in [2.75, 3.05) is 38.3 Å². The lowest BCUT2D eigenvalue weighted by Crippen LogP contribution is -2.38. The summed E-state index contributed by atoms with van der Waals surface area (Å²) in [4.78, 5) is 2.17. The van der Waals surface area contributed by atoms with Crippen LogP contribution in [0.3, 0.4) is 0 Å². The maximum Gasteiger partial charge on any atom is 0.0765 e. The largest absolute Gasteiger partial charge is 0.389 e. The Morgan fingerprint density at radius 1 is 1.38 bits per heavy atom. The van der Waals surface area contributed by atoms with Crippen LogP contribution in [0.1, 0.15) is 26.3 Å². The maximum atomic E-state index is 10.0. The lowest BCUT2D eigenvalue weighted by Gasteiger charge is -2.30. The molecule has 0 unspecified atom stereocenters. The number of benzene rings is 1. The summed E-state index contributed by atoms with van der Waals surface area (Å²) in [6.45, 7) is 9.60. The Hall–Kier alpha value is -0.620. The van der Waals surface area contributed by atoms with Crippen molar-refractivity contribution in [1.82, 2.24) is 5.32 Å². The summed E-state index contributed by atoms with van der Waals surface area (Å²) in [5.41, 5.74) is 1.62. The van der Waals surface area contributed by atoms with Gasteiger partial charge in [0.15, 0.2) is 0 Å². The molecule has 120 valence electrons. The molecule has 0 saturated carbocycles. The summed E-state index contributed by atoms with van der Waals surface area (Å²) in [5.74, 6) is 0. The molecule has 0 atom stereocenters.